The highest BCUT2D eigenvalue weighted by Gasteiger charge is 2.05. The molecule has 0 aliphatic carbocycles. The zero-order valence-electron chi connectivity index (χ0n) is 14.2. The summed E-state index contributed by atoms with van der Waals surface area (Å²) in [6.45, 7) is 5.18. The Kier molecular flexibility index (Phi) is 10.7. The van der Waals surface area contributed by atoms with Crippen molar-refractivity contribution in [1.29, 1.82) is 0 Å². The molecule has 0 aliphatic heterocycles. The quantitative estimate of drug-likeness (QED) is 0.358. The highest BCUT2D eigenvalue weighted by Crippen LogP contribution is 2.05. The summed E-state index contributed by atoms with van der Waals surface area (Å²) in [5.74, 6) is 1.24. The number of halogens is 1. The summed E-state index contributed by atoms with van der Waals surface area (Å²) in [6.07, 6.45) is 0. The number of hydrogen-bond acceptors (Lipinski definition) is 3. The molecular weight excluding hydrogens is 433 g/mol. The van der Waals surface area contributed by atoms with E-state index in [-0.39, 0.29) is 24.0 Å². The Bertz CT molecular complexity index is 575. The summed E-state index contributed by atoms with van der Waals surface area (Å²) in [5, 5.41) is 10.9. The lowest BCUT2D eigenvalue weighted by atomic mass is 10.2. The van der Waals surface area contributed by atoms with E-state index in [2.05, 4.69) is 51.5 Å². The van der Waals surface area contributed by atoms with Crippen molar-refractivity contribution in [2.24, 2.45) is 10.9 Å². The Morgan fingerprint density at radius 2 is 1.96 bits per heavy atom. The zero-order chi connectivity index (χ0) is 16.3. The molecule has 0 aliphatic rings. The van der Waals surface area contributed by atoms with Gasteiger partial charge in [-0.2, -0.15) is 11.3 Å². The van der Waals surface area contributed by atoms with Crippen LogP contribution in [0.2, 0.25) is 0 Å². The van der Waals surface area contributed by atoms with E-state index in [0.29, 0.717) is 12.5 Å². The summed E-state index contributed by atoms with van der Waals surface area (Å²) in [6, 6.07) is 12.4. The molecule has 0 radical (unpaired) electrons. The predicted molar refractivity (Wildman–Crippen MR) is 113 cm³/mol. The maximum atomic E-state index is 5.77. The Morgan fingerprint density at radius 3 is 2.62 bits per heavy atom. The van der Waals surface area contributed by atoms with Crippen molar-refractivity contribution in [2.45, 2.75) is 20.1 Å². The van der Waals surface area contributed by atoms with Gasteiger partial charge in [0.1, 0.15) is 0 Å². The smallest absolute Gasteiger partial charge is 0.191 e. The number of thiophene rings is 1. The topological polar surface area (TPSA) is 45.7 Å². The predicted octanol–water partition coefficient (Wildman–Crippen LogP) is 3.88. The van der Waals surface area contributed by atoms with Crippen LogP contribution >= 0.6 is 35.3 Å². The number of nitrogens with zero attached hydrogens (tertiary/aromatic N) is 1. The first-order valence-corrected chi connectivity index (χ1v) is 8.79. The van der Waals surface area contributed by atoms with E-state index in [0.717, 1.165) is 25.7 Å². The molecule has 0 spiro atoms. The van der Waals surface area contributed by atoms with Gasteiger partial charge in [-0.15, -0.1) is 24.0 Å². The van der Waals surface area contributed by atoms with E-state index in [1.165, 1.54) is 11.1 Å². The van der Waals surface area contributed by atoms with Gasteiger partial charge in [0.15, 0.2) is 5.96 Å². The van der Waals surface area contributed by atoms with Crippen molar-refractivity contribution in [1.82, 2.24) is 10.6 Å². The van der Waals surface area contributed by atoms with E-state index in [4.69, 9.17) is 4.74 Å². The lowest BCUT2D eigenvalue weighted by molar-refractivity contribution is 0.0931. The molecule has 1 aromatic heterocycles. The molecule has 132 valence electrons. The van der Waals surface area contributed by atoms with E-state index in [9.17, 15) is 0 Å². The first kappa shape index (κ1) is 20.9. The van der Waals surface area contributed by atoms with E-state index in [1.807, 2.05) is 18.2 Å². The largest absolute Gasteiger partial charge is 0.376 e. The summed E-state index contributed by atoms with van der Waals surface area (Å²) in [7, 11) is 1.79. The highest BCUT2D eigenvalue weighted by molar-refractivity contribution is 14.0. The third-order valence-electron chi connectivity index (χ3n) is 3.40. The molecule has 0 amide bonds. The van der Waals surface area contributed by atoms with Gasteiger partial charge in [-0.1, -0.05) is 37.3 Å². The summed E-state index contributed by atoms with van der Waals surface area (Å²) < 4.78 is 5.77. The van der Waals surface area contributed by atoms with Gasteiger partial charge < -0.3 is 15.4 Å². The van der Waals surface area contributed by atoms with Gasteiger partial charge in [0.25, 0.3) is 0 Å². The number of aliphatic imine (C=N–C) groups is 1. The van der Waals surface area contributed by atoms with Crippen molar-refractivity contribution < 1.29 is 4.74 Å². The molecule has 2 aromatic rings. The highest BCUT2D eigenvalue weighted by atomic mass is 127. The Balaban J connectivity index is 0.00000288. The maximum absolute atomic E-state index is 5.77. The lowest BCUT2D eigenvalue weighted by Crippen LogP contribution is -2.39. The number of hydrogen-bond donors (Lipinski definition) is 2. The summed E-state index contributed by atoms with van der Waals surface area (Å²) in [5.41, 5.74) is 2.48. The molecule has 4 nitrogen and oxygen atoms in total. The van der Waals surface area contributed by atoms with Gasteiger partial charge in [0, 0.05) is 20.1 Å². The van der Waals surface area contributed by atoms with Crippen LogP contribution in [0, 0.1) is 5.92 Å². The minimum Gasteiger partial charge on any atom is -0.376 e. The van der Waals surface area contributed by atoms with Gasteiger partial charge >= 0.3 is 0 Å². The fraction of sp³-hybridized carbons (Fsp3) is 0.389. The van der Waals surface area contributed by atoms with Gasteiger partial charge in [0.05, 0.1) is 13.2 Å². The SMILES string of the molecule is CN=C(NCc1ccsc1)NCC(C)COCc1ccccc1.I. The number of ether oxygens (including phenoxy) is 1. The monoisotopic (exact) mass is 459 g/mol. The molecule has 0 saturated carbocycles. The van der Waals surface area contributed by atoms with Crippen molar-refractivity contribution in [3.63, 3.8) is 0 Å². The molecule has 0 fully saturated rings. The molecule has 24 heavy (non-hydrogen) atoms. The Morgan fingerprint density at radius 1 is 1.17 bits per heavy atom. The van der Waals surface area contributed by atoms with Crippen LogP contribution < -0.4 is 10.6 Å². The van der Waals surface area contributed by atoms with Crippen LogP contribution in [0.4, 0.5) is 0 Å². The summed E-state index contributed by atoms with van der Waals surface area (Å²) >= 11 is 1.71. The second-order valence-corrected chi connectivity index (χ2v) is 6.32. The molecule has 2 rings (SSSR count). The van der Waals surface area contributed by atoms with Crippen LogP contribution in [-0.4, -0.2) is 26.2 Å². The van der Waals surface area contributed by atoms with Gasteiger partial charge in [-0.05, 0) is 33.9 Å². The average molecular weight is 459 g/mol. The molecule has 2 N–H and O–H groups in total. The Hall–Kier alpha value is -1.12. The molecule has 0 saturated heterocycles. The molecule has 1 unspecified atom stereocenters. The molecule has 1 atom stereocenters. The van der Waals surface area contributed by atoms with Gasteiger partial charge in [0.2, 0.25) is 0 Å². The Labute approximate surface area is 165 Å². The van der Waals surface area contributed by atoms with Gasteiger partial charge in [-0.25, -0.2) is 0 Å². The van der Waals surface area contributed by atoms with Crippen LogP contribution in [0.1, 0.15) is 18.1 Å². The molecular formula is C18H26IN3OS. The van der Waals surface area contributed by atoms with Crippen molar-refractivity contribution >= 4 is 41.3 Å². The number of guanidine groups is 1. The minimum atomic E-state index is 0. The van der Waals surface area contributed by atoms with Crippen molar-refractivity contribution in [2.75, 3.05) is 20.2 Å². The molecule has 6 heteroatoms. The fourth-order valence-corrected chi connectivity index (χ4v) is 2.75. The van der Waals surface area contributed by atoms with Crippen molar-refractivity contribution in [3.05, 3.63) is 58.3 Å². The van der Waals surface area contributed by atoms with E-state index in [1.54, 1.807) is 18.4 Å². The molecule has 1 heterocycles. The van der Waals surface area contributed by atoms with Crippen LogP contribution in [0.25, 0.3) is 0 Å². The lowest BCUT2D eigenvalue weighted by Gasteiger charge is -2.16. The third-order valence-corrected chi connectivity index (χ3v) is 4.13. The van der Waals surface area contributed by atoms with Crippen LogP contribution in [0.15, 0.2) is 52.2 Å². The maximum Gasteiger partial charge on any atom is 0.191 e. The molecule has 1 aromatic carbocycles. The number of benzene rings is 1. The standard InChI is InChI=1S/C18H25N3OS.HI/c1-15(12-22-13-16-6-4-3-5-7-16)10-20-18(19-2)21-11-17-8-9-23-14-17;/h3-9,14-15H,10-13H2,1-2H3,(H2,19,20,21);1H. The number of rotatable bonds is 8. The number of nitrogens with one attached hydrogen (secondary N) is 2. The second-order valence-electron chi connectivity index (χ2n) is 5.54. The second kappa shape index (κ2) is 12.3. The third kappa shape index (κ3) is 8.12. The first-order chi connectivity index (χ1) is 11.3. The van der Waals surface area contributed by atoms with E-state index < -0.39 is 0 Å². The first-order valence-electron chi connectivity index (χ1n) is 7.85. The summed E-state index contributed by atoms with van der Waals surface area (Å²) in [4.78, 5) is 4.24. The van der Waals surface area contributed by atoms with Crippen LogP contribution in [0.5, 0.6) is 0 Å². The van der Waals surface area contributed by atoms with Gasteiger partial charge in [-0.3, -0.25) is 4.99 Å². The minimum absolute atomic E-state index is 0. The molecule has 0 bridgehead atoms. The van der Waals surface area contributed by atoms with E-state index >= 15 is 0 Å². The fourth-order valence-electron chi connectivity index (χ4n) is 2.08. The normalized spacial score (nSPS) is 12.3. The van der Waals surface area contributed by atoms with Crippen molar-refractivity contribution in [3.8, 4) is 0 Å². The zero-order valence-corrected chi connectivity index (χ0v) is 17.3. The average Bonchev–Trinajstić information content (AvgIpc) is 3.09. The van der Waals surface area contributed by atoms with Crippen LogP contribution in [-0.2, 0) is 17.9 Å². The van der Waals surface area contributed by atoms with Crippen LogP contribution in [0.3, 0.4) is 0 Å².